The molecule has 6 rings (SSSR count). The first-order valence-corrected chi connectivity index (χ1v) is 20.8. The Kier molecular flexibility index (Phi) is 11.5. The van der Waals surface area contributed by atoms with Crippen LogP contribution in [0.3, 0.4) is 0 Å². The summed E-state index contributed by atoms with van der Waals surface area (Å²) < 4.78 is 83.8. The van der Waals surface area contributed by atoms with E-state index in [4.69, 9.17) is 9.47 Å². The molecule has 3 heterocycles. The van der Waals surface area contributed by atoms with E-state index in [1.165, 1.54) is 6.92 Å². The summed E-state index contributed by atoms with van der Waals surface area (Å²) in [4.78, 5) is 57.3. The molecule has 0 unspecified atom stereocenters. The highest BCUT2D eigenvalue weighted by atomic mass is 32.2. The quantitative estimate of drug-likeness (QED) is 0.300. The Morgan fingerprint density at radius 3 is 2.33 bits per heavy atom. The fraction of sp³-hybridized carbons (Fsp3) is 0.632. The maximum absolute atomic E-state index is 15.0. The molecule has 2 saturated carbocycles. The van der Waals surface area contributed by atoms with Crippen LogP contribution in [0.25, 0.3) is 10.8 Å². The molecule has 0 spiro atoms. The van der Waals surface area contributed by atoms with Crippen LogP contribution in [0.1, 0.15) is 79.6 Å². The third-order valence-corrected chi connectivity index (χ3v) is 13.4. The molecule has 1 saturated heterocycles. The van der Waals surface area contributed by atoms with E-state index in [1.54, 1.807) is 43.3 Å². The number of carboxylic acid groups (broad SMARTS) is 1. The zero-order chi connectivity index (χ0) is 41.7. The van der Waals surface area contributed by atoms with Crippen molar-refractivity contribution >= 4 is 44.6 Å². The van der Waals surface area contributed by atoms with Crippen molar-refractivity contribution in [2.75, 3.05) is 13.2 Å². The number of carbonyl (C=O) groups excluding carboxylic acids is 3. The summed E-state index contributed by atoms with van der Waals surface area (Å²) in [5.41, 5.74) is -4.74. The SMILES string of the molecule is CCOc1nnc(O[C@@H]2C[C@H]3C(=O)N[C@]4(C(=O)NS(=O)(=O)C5CC5)C[C@H]4C=CCC[C@H](C)C[C@@H](C)[C@H](N(C(=O)O)C(C)(C)C(F)(F)F)C(=O)N3C2)c2ccccc12. The number of hydrogen-bond acceptors (Lipinski definition) is 10. The molecule has 0 bridgehead atoms. The minimum Gasteiger partial charge on any atom is -0.476 e. The first kappa shape index (κ1) is 41.9. The number of ether oxygens (including phenoxy) is 2. The third-order valence-electron chi connectivity index (χ3n) is 11.5. The highest BCUT2D eigenvalue weighted by Crippen LogP contribution is 2.47. The molecule has 2 aromatic rings. The Morgan fingerprint density at radius 1 is 1.07 bits per heavy atom. The summed E-state index contributed by atoms with van der Waals surface area (Å²) in [7, 11) is -4.02. The van der Waals surface area contributed by atoms with Crippen LogP contribution in [0.4, 0.5) is 18.0 Å². The number of carbonyl (C=O) groups is 4. The van der Waals surface area contributed by atoms with Crippen molar-refractivity contribution in [2.24, 2.45) is 17.8 Å². The number of sulfonamides is 1. The second kappa shape index (κ2) is 15.6. The first-order chi connectivity index (χ1) is 26.7. The lowest BCUT2D eigenvalue weighted by Crippen LogP contribution is -2.66. The predicted molar refractivity (Wildman–Crippen MR) is 199 cm³/mol. The molecule has 4 amide bonds. The molecule has 1 aromatic heterocycles. The van der Waals surface area contributed by atoms with Crippen LogP contribution in [0, 0.1) is 17.8 Å². The Morgan fingerprint density at radius 2 is 1.72 bits per heavy atom. The lowest BCUT2D eigenvalue weighted by Gasteiger charge is -2.45. The van der Waals surface area contributed by atoms with Gasteiger partial charge in [-0.1, -0.05) is 38.1 Å². The van der Waals surface area contributed by atoms with E-state index >= 15 is 0 Å². The second-order valence-electron chi connectivity index (χ2n) is 16.2. The molecular formula is C38H49F3N6O9S. The molecule has 2 aliphatic carbocycles. The van der Waals surface area contributed by atoms with Crippen LogP contribution in [-0.2, 0) is 24.4 Å². The van der Waals surface area contributed by atoms with Crippen LogP contribution in [-0.4, -0.2) is 111 Å². The molecule has 3 fully saturated rings. The summed E-state index contributed by atoms with van der Waals surface area (Å²) in [6.07, 6.45) is -2.85. The van der Waals surface area contributed by atoms with Gasteiger partial charge in [-0.3, -0.25) is 24.0 Å². The van der Waals surface area contributed by atoms with Gasteiger partial charge in [-0.15, -0.1) is 10.2 Å². The number of benzene rings is 1. The Hall–Kier alpha value is -4.68. The molecule has 4 aliphatic rings. The Bertz CT molecular complexity index is 2040. The molecule has 312 valence electrons. The number of amides is 4. The van der Waals surface area contributed by atoms with Gasteiger partial charge in [0.25, 0.3) is 5.91 Å². The van der Waals surface area contributed by atoms with Crippen LogP contribution in [0.2, 0.25) is 0 Å². The zero-order valence-corrected chi connectivity index (χ0v) is 33.2. The summed E-state index contributed by atoms with van der Waals surface area (Å²) in [5.74, 6) is -4.37. The predicted octanol–water partition coefficient (Wildman–Crippen LogP) is 4.56. The molecule has 57 heavy (non-hydrogen) atoms. The molecule has 7 atom stereocenters. The molecule has 0 radical (unpaired) electrons. The third kappa shape index (κ3) is 8.34. The molecule has 1 aromatic carbocycles. The van der Waals surface area contributed by atoms with Gasteiger partial charge in [0.2, 0.25) is 33.6 Å². The van der Waals surface area contributed by atoms with Gasteiger partial charge in [0.05, 0.1) is 29.2 Å². The summed E-state index contributed by atoms with van der Waals surface area (Å²) in [6.45, 7) is 6.44. The number of alkyl halides is 3. The van der Waals surface area contributed by atoms with E-state index in [0.29, 0.717) is 56.9 Å². The van der Waals surface area contributed by atoms with E-state index in [-0.39, 0.29) is 48.4 Å². The fourth-order valence-corrected chi connectivity index (χ4v) is 9.39. The van der Waals surface area contributed by atoms with Crippen LogP contribution < -0.4 is 19.5 Å². The maximum atomic E-state index is 15.0. The molecular weight excluding hydrogens is 774 g/mol. The lowest BCUT2D eigenvalue weighted by molar-refractivity contribution is -0.222. The van der Waals surface area contributed by atoms with Crippen molar-refractivity contribution < 1.29 is 55.3 Å². The number of fused-ring (bicyclic) bond motifs is 3. The van der Waals surface area contributed by atoms with Gasteiger partial charge >= 0.3 is 12.3 Å². The highest BCUT2D eigenvalue weighted by molar-refractivity contribution is 7.91. The number of nitrogens with zero attached hydrogens (tertiary/aromatic N) is 4. The monoisotopic (exact) mass is 822 g/mol. The van der Waals surface area contributed by atoms with Crippen molar-refractivity contribution in [1.82, 2.24) is 30.0 Å². The summed E-state index contributed by atoms with van der Waals surface area (Å²) in [6, 6.07) is 3.54. The van der Waals surface area contributed by atoms with Crippen LogP contribution in [0.15, 0.2) is 36.4 Å². The maximum Gasteiger partial charge on any atom is 0.411 e. The van der Waals surface area contributed by atoms with E-state index in [0.717, 1.165) is 4.90 Å². The minimum absolute atomic E-state index is 0.0206. The van der Waals surface area contributed by atoms with E-state index < -0.39 is 86.4 Å². The normalized spacial score (nSPS) is 28.7. The zero-order valence-electron chi connectivity index (χ0n) is 32.4. The molecule has 19 heteroatoms. The second-order valence-corrected chi connectivity index (χ2v) is 18.2. The van der Waals surface area contributed by atoms with Crippen molar-refractivity contribution in [3.8, 4) is 11.8 Å². The summed E-state index contributed by atoms with van der Waals surface area (Å²) in [5, 5.41) is 21.8. The van der Waals surface area contributed by atoms with Gasteiger partial charge in [-0.2, -0.15) is 13.2 Å². The standard InChI is InChI=1S/C38H49F3N6O9S/c1-6-55-31-26-13-9-10-14-27(26)32(44-43-31)56-24-18-28-30(48)42-37(34(50)45-57(53,54)25-15-16-25)19-23(37)12-8-7-11-21(2)17-22(3)29(33(49)46(28)20-24)47(35(51)52)36(4,5)38(39,40)41/h8-10,12-14,21-25,28-29H,6-7,11,15-20H2,1-5H3,(H,42,48)(H,45,50)(H,51,52)/t21-,22+,23+,24+,28-,29-,37+/m0/s1. The number of nitrogens with one attached hydrogen (secondary N) is 2. The van der Waals surface area contributed by atoms with Gasteiger partial charge in [0.15, 0.2) is 0 Å². The van der Waals surface area contributed by atoms with Crippen molar-refractivity contribution in [3.63, 3.8) is 0 Å². The van der Waals surface area contributed by atoms with Crippen molar-refractivity contribution in [1.29, 1.82) is 0 Å². The minimum atomic E-state index is -5.10. The number of halogens is 3. The average molecular weight is 823 g/mol. The van der Waals surface area contributed by atoms with Crippen LogP contribution in [0.5, 0.6) is 11.8 Å². The van der Waals surface area contributed by atoms with Crippen LogP contribution >= 0.6 is 0 Å². The van der Waals surface area contributed by atoms with Gasteiger partial charge < -0.3 is 24.8 Å². The van der Waals surface area contributed by atoms with Gasteiger partial charge in [-0.25, -0.2) is 13.2 Å². The number of allylic oxidation sites excluding steroid dienone is 1. The topological polar surface area (TPSA) is 197 Å². The summed E-state index contributed by atoms with van der Waals surface area (Å²) >= 11 is 0. The van der Waals surface area contributed by atoms with Crippen molar-refractivity contribution in [2.45, 2.75) is 120 Å². The molecule has 3 N–H and O–H groups in total. The molecule has 15 nitrogen and oxygen atoms in total. The largest absolute Gasteiger partial charge is 0.476 e. The van der Waals surface area contributed by atoms with E-state index in [1.807, 2.05) is 6.92 Å². The number of rotatable bonds is 9. The van der Waals surface area contributed by atoms with E-state index in [2.05, 4.69) is 20.2 Å². The number of aromatic nitrogens is 2. The number of hydrogen-bond donors (Lipinski definition) is 3. The Labute approximate surface area is 328 Å². The molecule has 2 aliphatic heterocycles. The van der Waals surface area contributed by atoms with Gasteiger partial charge in [-0.05, 0) is 83.3 Å². The van der Waals surface area contributed by atoms with Gasteiger partial charge in [0.1, 0.15) is 29.3 Å². The highest BCUT2D eigenvalue weighted by Gasteiger charge is 2.63. The average Bonchev–Trinajstić information content (AvgIpc) is 4.05. The lowest BCUT2D eigenvalue weighted by atomic mass is 9.85. The fourth-order valence-electron chi connectivity index (χ4n) is 8.03. The first-order valence-electron chi connectivity index (χ1n) is 19.2. The Balaban J connectivity index is 1.42. The van der Waals surface area contributed by atoms with E-state index in [9.17, 15) is 45.9 Å². The van der Waals surface area contributed by atoms with Gasteiger partial charge in [0, 0.05) is 12.3 Å². The van der Waals surface area contributed by atoms with Crippen molar-refractivity contribution in [3.05, 3.63) is 36.4 Å². The smallest absolute Gasteiger partial charge is 0.411 e.